The Labute approximate surface area is 187 Å². The SMILES string of the molecule is Cc1cc(C)cc(OCCn2c(C3CCCN3C(=O)c3ccco3)nc3ccccc32)c1. The van der Waals surface area contributed by atoms with E-state index >= 15 is 0 Å². The molecule has 0 spiro atoms. The van der Waals surface area contributed by atoms with Crippen molar-refractivity contribution < 1.29 is 13.9 Å². The molecule has 32 heavy (non-hydrogen) atoms. The summed E-state index contributed by atoms with van der Waals surface area (Å²) in [5.74, 6) is 2.08. The number of hydrogen-bond acceptors (Lipinski definition) is 4. The fraction of sp³-hybridized carbons (Fsp3) is 0.308. The molecule has 5 rings (SSSR count). The molecule has 1 aliphatic heterocycles. The lowest BCUT2D eigenvalue weighted by Crippen LogP contribution is -2.32. The first-order valence-corrected chi connectivity index (χ1v) is 11.1. The van der Waals surface area contributed by atoms with E-state index in [0.717, 1.165) is 35.4 Å². The van der Waals surface area contributed by atoms with Crippen molar-refractivity contribution in [3.05, 3.63) is 83.6 Å². The predicted molar refractivity (Wildman–Crippen MR) is 123 cm³/mol. The number of imidazole rings is 1. The van der Waals surface area contributed by atoms with E-state index in [1.807, 2.05) is 23.1 Å². The topological polar surface area (TPSA) is 60.5 Å². The Bertz CT molecular complexity index is 1220. The highest BCUT2D eigenvalue weighted by atomic mass is 16.5. The van der Waals surface area contributed by atoms with E-state index in [1.165, 1.54) is 17.4 Å². The zero-order chi connectivity index (χ0) is 22.1. The number of nitrogens with zero attached hydrogens (tertiary/aromatic N) is 3. The maximum absolute atomic E-state index is 13.1. The molecule has 0 saturated carbocycles. The highest BCUT2D eigenvalue weighted by molar-refractivity contribution is 5.92. The van der Waals surface area contributed by atoms with E-state index in [4.69, 9.17) is 14.1 Å². The molecule has 3 heterocycles. The molecular weight excluding hydrogens is 402 g/mol. The molecular formula is C26H27N3O3. The van der Waals surface area contributed by atoms with Gasteiger partial charge in [-0.3, -0.25) is 4.79 Å². The highest BCUT2D eigenvalue weighted by Gasteiger charge is 2.35. The molecule has 0 N–H and O–H groups in total. The van der Waals surface area contributed by atoms with Gasteiger partial charge in [0, 0.05) is 6.54 Å². The third kappa shape index (κ3) is 3.88. The number of aromatic nitrogens is 2. The van der Waals surface area contributed by atoms with Crippen LogP contribution in [0.5, 0.6) is 5.75 Å². The van der Waals surface area contributed by atoms with Gasteiger partial charge in [-0.2, -0.15) is 0 Å². The van der Waals surface area contributed by atoms with E-state index in [1.54, 1.807) is 12.1 Å². The van der Waals surface area contributed by atoms with Crippen LogP contribution in [0.1, 0.15) is 46.4 Å². The van der Waals surface area contributed by atoms with Crippen molar-refractivity contribution in [1.29, 1.82) is 0 Å². The summed E-state index contributed by atoms with van der Waals surface area (Å²) in [6.45, 7) is 6.03. The Kier molecular flexibility index (Phi) is 5.43. The maximum atomic E-state index is 13.1. The summed E-state index contributed by atoms with van der Waals surface area (Å²) in [6, 6.07) is 17.8. The molecule has 1 fully saturated rings. The fourth-order valence-electron chi connectivity index (χ4n) is 4.67. The number of benzene rings is 2. The molecule has 1 atom stereocenters. The van der Waals surface area contributed by atoms with E-state index in [-0.39, 0.29) is 11.9 Å². The normalized spacial score (nSPS) is 16.1. The Hall–Kier alpha value is -3.54. The summed E-state index contributed by atoms with van der Waals surface area (Å²) in [5.41, 5.74) is 4.37. The minimum atomic E-state index is -0.0822. The molecule has 0 bridgehead atoms. The van der Waals surface area contributed by atoms with Crippen molar-refractivity contribution in [3.8, 4) is 5.75 Å². The smallest absolute Gasteiger partial charge is 0.290 e. The second kappa shape index (κ2) is 8.54. The van der Waals surface area contributed by atoms with Crippen LogP contribution in [0.2, 0.25) is 0 Å². The Morgan fingerprint density at radius 1 is 1.12 bits per heavy atom. The average molecular weight is 430 g/mol. The molecule has 6 nitrogen and oxygen atoms in total. The highest BCUT2D eigenvalue weighted by Crippen LogP contribution is 2.34. The number of carbonyl (C=O) groups is 1. The lowest BCUT2D eigenvalue weighted by molar-refractivity contribution is 0.0695. The van der Waals surface area contributed by atoms with Crippen LogP contribution in [-0.2, 0) is 6.54 Å². The van der Waals surface area contributed by atoms with Gasteiger partial charge in [0.2, 0.25) is 0 Å². The predicted octanol–water partition coefficient (Wildman–Crippen LogP) is 5.30. The summed E-state index contributed by atoms with van der Waals surface area (Å²) in [4.78, 5) is 19.9. The molecule has 164 valence electrons. The van der Waals surface area contributed by atoms with Crippen LogP contribution in [0, 0.1) is 13.8 Å². The standard InChI is InChI=1S/C26H27N3O3/c1-18-15-19(2)17-20(16-18)31-14-12-28-22-8-4-3-7-21(22)27-25(28)23-9-5-11-29(23)26(30)24-10-6-13-32-24/h3-4,6-8,10,13,15-17,23H,5,9,11-12,14H2,1-2H3. The number of furan rings is 1. The molecule has 1 unspecified atom stereocenters. The van der Waals surface area contributed by atoms with Crippen LogP contribution >= 0.6 is 0 Å². The van der Waals surface area contributed by atoms with Crippen molar-refractivity contribution in [2.45, 2.75) is 39.3 Å². The third-order valence-corrected chi connectivity index (χ3v) is 6.01. The Morgan fingerprint density at radius 3 is 2.72 bits per heavy atom. The zero-order valence-electron chi connectivity index (χ0n) is 18.5. The van der Waals surface area contributed by atoms with Gasteiger partial charge in [0.1, 0.15) is 18.2 Å². The summed E-state index contributed by atoms with van der Waals surface area (Å²) >= 11 is 0. The van der Waals surface area contributed by atoms with Crippen LogP contribution in [-0.4, -0.2) is 33.5 Å². The minimum absolute atomic E-state index is 0.0809. The lowest BCUT2D eigenvalue weighted by Gasteiger charge is -2.24. The number of rotatable bonds is 6. The molecule has 1 saturated heterocycles. The van der Waals surface area contributed by atoms with E-state index in [2.05, 4.69) is 42.7 Å². The second-order valence-electron chi connectivity index (χ2n) is 8.42. The second-order valence-corrected chi connectivity index (χ2v) is 8.42. The van der Waals surface area contributed by atoms with Gasteiger partial charge < -0.3 is 18.6 Å². The fourth-order valence-corrected chi connectivity index (χ4v) is 4.67. The summed E-state index contributed by atoms with van der Waals surface area (Å²) in [5, 5.41) is 0. The van der Waals surface area contributed by atoms with Crippen molar-refractivity contribution >= 4 is 16.9 Å². The van der Waals surface area contributed by atoms with Crippen molar-refractivity contribution in [2.24, 2.45) is 0 Å². The first-order chi connectivity index (χ1) is 15.6. The molecule has 2 aromatic carbocycles. The average Bonchev–Trinajstić information content (AvgIpc) is 3.52. The first-order valence-electron chi connectivity index (χ1n) is 11.1. The number of ether oxygens (including phenoxy) is 1. The summed E-state index contributed by atoms with van der Waals surface area (Å²) < 4.78 is 13.7. The van der Waals surface area contributed by atoms with Crippen molar-refractivity contribution in [2.75, 3.05) is 13.2 Å². The number of aryl methyl sites for hydroxylation is 2. The van der Waals surface area contributed by atoms with Gasteiger partial charge in [-0.25, -0.2) is 4.98 Å². The Balaban J connectivity index is 1.43. The molecule has 0 aliphatic carbocycles. The van der Waals surface area contributed by atoms with Gasteiger partial charge in [-0.1, -0.05) is 18.2 Å². The van der Waals surface area contributed by atoms with Crippen LogP contribution in [0.15, 0.2) is 65.3 Å². The van der Waals surface area contributed by atoms with Crippen molar-refractivity contribution in [3.63, 3.8) is 0 Å². The summed E-state index contributed by atoms with van der Waals surface area (Å²) in [6.07, 6.45) is 3.37. The number of hydrogen-bond donors (Lipinski definition) is 0. The number of para-hydroxylation sites is 2. The van der Waals surface area contributed by atoms with E-state index < -0.39 is 0 Å². The molecule has 0 radical (unpaired) electrons. The zero-order valence-corrected chi connectivity index (χ0v) is 18.5. The molecule has 1 aliphatic rings. The third-order valence-electron chi connectivity index (χ3n) is 6.01. The van der Waals surface area contributed by atoms with E-state index in [9.17, 15) is 4.79 Å². The van der Waals surface area contributed by atoms with Gasteiger partial charge in [0.15, 0.2) is 5.76 Å². The van der Waals surface area contributed by atoms with Gasteiger partial charge in [-0.15, -0.1) is 0 Å². The number of amides is 1. The maximum Gasteiger partial charge on any atom is 0.290 e. The quantitative estimate of drug-likeness (QED) is 0.417. The molecule has 6 heteroatoms. The number of carbonyl (C=O) groups excluding carboxylic acids is 1. The number of fused-ring (bicyclic) bond motifs is 1. The largest absolute Gasteiger partial charge is 0.492 e. The van der Waals surface area contributed by atoms with Gasteiger partial charge >= 0.3 is 0 Å². The van der Waals surface area contributed by atoms with Crippen LogP contribution in [0.4, 0.5) is 0 Å². The van der Waals surface area contributed by atoms with E-state index in [0.29, 0.717) is 25.5 Å². The monoisotopic (exact) mass is 429 g/mol. The first kappa shape index (κ1) is 20.4. The Morgan fingerprint density at radius 2 is 1.94 bits per heavy atom. The minimum Gasteiger partial charge on any atom is -0.492 e. The van der Waals surface area contributed by atoms with Gasteiger partial charge in [0.25, 0.3) is 5.91 Å². The molecule has 4 aromatic rings. The lowest BCUT2D eigenvalue weighted by atomic mass is 10.1. The van der Waals surface area contributed by atoms with Crippen LogP contribution in [0.25, 0.3) is 11.0 Å². The van der Waals surface area contributed by atoms with Crippen LogP contribution in [0.3, 0.4) is 0 Å². The van der Waals surface area contributed by atoms with Crippen LogP contribution < -0.4 is 4.74 Å². The summed E-state index contributed by atoms with van der Waals surface area (Å²) in [7, 11) is 0. The van der Waals surface area contributed by atoms with Gasteiger partial charge in [0.05, 0.1) is 29.9 Å². The van der Waals surface area contributed by atoms with Gasteiger partial charge in [-0.05, 0) is 74.2 Å². The molecule has 1 amide bonds. The number of likely N-dealkylation sites (tertiary alicyclic amines) is 1. The van der Waals surface area contributed by atoms with Crippen molar-refractivity contribution in [1.82, 2.24) is 14.5 Å². The molecule has 2 aromatic heterocycles.